The molecular weight excluding hydrogens is 404 g/mol. The summed E-state index contributed by atoms with van der Waals surface area (Å²) in [7, 11) is -3.67. The average molecular weight is 429 g/mol. The number of para-hydroxylation sites is 1. The van der Waals surface area contributed by atoms with E-state index in [-0.39, 0.29) is 5.96 Å². The van der Waals surface area contributed by atoms with E-state index >= 15 is 0 Å². The average Bonchev–Trinajstić information content (AvgIpc) is 2.65. The highest BCUT2D eigenvalue weighted by molar-refractivity contribution is 7.85. The lowest BCUT2D eigenvalue weighted by Crippen LogP contribution is -2.35. The summed E-state index contributed by atoms with van der Waals surface area (Å²) in [5, 5.41) is 10.4. The minimum atomic E-state index is -3.67. The number of carbonyl (C=O) groups excluding carboxylic acids is 1. The molecule has 0 spiro atoms. The quantitative estimate of drug-likeness (QED) is 0.286. The minimum Gasteiger partial charge on any atom is -0.370 e. The van der Waals surface area contributed by atoms with E-state index in [1.165, 1.54) is 5.56 Å². The van der Waals surface area contributed by atoms with E-state index in [0.717, 1.165) is 22.2 Å². The van der Waals surface area contributed by atoms with Crippen LogP contribution in [0.4, 0.5) is 0 Å². The van der Waals surface area contributed by atoms with E-state index in [4.69, 9.17) is 20.7 Å². The number of fused-ring (bicyclic) bond motifs is 1. The first-order chi connectivity index (χ1) is 14.0. The molecule has 3 rings (SSSR count). The van der Waals surface area contributed by atoms with Gasteiger partial charge in [-0.15, -0.1) is 0 Å². The molecule has 0 radical (unpaired) electrons. The zero-order valence-electron chi connectivity index (χ0n) is 16.9. The maximum atomic E-state index is 12.5. The van der Waals surface area contributed by atoms with Gasteiger partial charge in [-0.25, -0.2) is 4.98 Å². The predicted octanol–water partition coefficient (Wildman–Crippen LogP) is 3.15. The lowest BCUT2D eigenvalue weighted by molar-refractivity contribution is 0.0978. The second-order valence-corrected chi connectivity index (χ2v) is 8.38. The fourth-order valence-electron chi connectivity index (χ4n) is 2.92. The number of rotatable bonds is 3. The molecule has 2 aromatic carbocycles. The molecule has 30 heavy (non-hydrogen) atoms. The van der Waals surface area contributed by atoms with Crippen molar-refractivity contribution in [2.45, 2.75) is 19.8 Å². The Bertz CT molecular complexity index is 1180. The molecule has 5 N–H and O–H groups in total. The van der Waals surface area contributed by atoms with Crippen LogP contribution in [0.5, 0.6) is 0 Å². The molecule has 9 heteroatoms. The number of nitrogens with one attached hydrogen (secondary N) is 2. The molecule has 0 bridgehead atoms. The fraction of sp³-hybridized carbons (Fsp3) is 0.190. The van der Waals surface area contributed by atoms with Crippen LogP contribution in [-0.2, 0) is 10.1 Å². The van der Waals surface area contributed by atoms with Crippen molar-refractivity contribution in [3.05, 3.63) is 65.7 Å². The summed E-state index contributed by atoms with van der Waals surface area (Å²) in [6.07, 6.45) is 0.715. The number of guanidine groups is 1. The van der Waals surface area contributed by atoms with Gasteiger partial charge in [-0.3, -0.25) is 20.1 Å². The van der Waals surface area contributed by atoms with Crippen molar-refractivity contribution in [1.82, 2.24) is 10.3 Å². The van der Waals surface area contributed by atoms with Gasteiger partial charge in [-0.2, -0.15) is 8.42 Å². The van der Waals surface area contributed by atoms with Gasteiger partial charge in [0.05, 0.1) is 23.0 Å². The monoisotopic (exact) mass is 428 g/mol. The van der Waals surface area contributed by atoms with Crippen molar-refractivity contribution in [2.75, 3.05) is 6.26 Å². The zero-order chi connectivity index (χ0) is 22.5. The van der Waals surface area contributed by atoms with Crippen LogP contribution in [0.2, 0.25) is 0 Å². The molecule has 0 aliphatic carbocycles. The Morgan fingerprint density at radius 3 is 2.30 bits per heavy atom. The van der Waals surface area contributed by atoms with Crippen molar-refractivity contribution in [2.24, 2.45) is 5.73 Å². The van der Waals surface area contributed by atoms with Gasteiger partial charge in [-0.05, 0) is 23.6 Å². The number of aromatic nitrogens is 1. The SMILES string of the molecule is CC(C)c1ccccc1-c1cc(C(=O)NC(=N)N)c2ccccc2n1.CS(=O)(=O)O. The van der Waals surface area contributed by atoms with Gasteiger partial charge in [0.1, 0.15) is 0 Å². The van der Waals surface area contributed by atoms with E-state index in [1.54, 1.807) is 6.07 Å². The van der Waals surface area contributed by atoms with Gasteiger partial charge >= 0.3 is 0 Å². The maximum Gasteiger partial charge on any atom is 0.261 e. The summed E-state index contributed by atoms with van der Waals surface area (Å²) in [6, 6.07) is 17.3. The van der Waals surface area contributed by atoms with Gasteiger partial charge < -0.3 is 5.73 Å². The Balaban J connectivity index is 0.000000575. The van der Waals surface area contributed by atoms with E-state index < -0.39 is 16.0 Å². The summed E-state index contributed by atoms with van der Waals surface area (Å²) in [6.45, 7) is 4.26. The Morgan fingerprint density at radius 1 is 1.13 bits per heavy atom. The summed E-state index contributed by atoms with van der Waals surface area (Å²) in [5.74, 6) is -0.455. The number of carbonyl (C=O) groups is 1. The van der Waals surface area contributed by atoms with Crippen LogP contribution in [0, 0.1) is 5.41 Å². The van der Waals surface area contributed by atoms with Gasteiger partial charge in [0.2, 0.25) is 0 Å². The predicted molar refractivity (Wildman–Crippen MR) is 118 cm³/mol. The molecule has 0 unspecified atom stereocenters. The number of amides is 1. The topological polar surface area (TPSA) is 146 Å². The highest BCUT2D eigenvalue weighted by atomic mass is 32.2. The molecule has 8 nitrogen and oxygen atoms in total. The summed E-state index contributed by atoms with van der Waals surface area (Å²) < 4.78 is 25.9. The number of nitrogens with zero attached hydrogens (tertiary/aromatic N) is 1. The summed E-state index contributed by atoms with van der Waals surface area (Å²) in [4.78, 5) is 17.3. The first-order valence-electron chi connectivity index (χ1n) is 9.04. The maximum absolute atomic E-state index is 12.5. The second-order valence-electron chi connectivity index (χ2n) is 6.91. The van der Waals surface area contributed by atoms with Gasteiger partial charge in [0.15, 0.2) is 5.96 Å². The third-order valence-corrected chi connectivity index (χ3v) is 4.07. The lowest BCUT2D eigenvalue weighted by atomic mass is 9.94. The second kappa shape index (κ2) is 9.47. The standard InChI is InChI=1S/C20H20N4O.CH4O3S/c1-12(2)13-7-3-4-8-14(13)18-11-16(19(25)24-20(21)22)15-9-5-6-10-17(15)23-18;1-5(2,3)4/h3-12H,1-2H3,(H4,21,22,24,25);1H3,(H,2,3,4). The number of nitrogens with two attached hydrogens (primary N) is 1. The molecule has 1 amide bonds. The van der Waals surface area contributed by atoms with Crippen LogP contribution in [0.3, 0.4) is 0 Å². The molecular formula is C21H24N4O4S. The molecule has 1 aromatic heterocycles. The molecule has 0 aliphatic heterocycles. The molecule has 0 aliphatic rings. The first kappa shape index (κ1) is 23.0. The van der Waals surface area contributed by atoms with Crippen LogP contribution in [0.1, 0.15) is 35.7 Å². The summed E-state index contributed by atoms with van der Waals surface area (Å²) >= 11 is 0. The van der Waals surface area contributed by atoms with Crippen molar-refractivity contribution in [3.63, 3.8) is 0 Å². The molecule has 1 heterocycles. The number of hydrogen-bond donors (Lipinski definition) is 4. The Kier molecular flexibility index (Phi) is 7.25. The smallest absolute Gasteiger partial charge is 0.261 e. The molecule has 158 valence electrons. The van der Waals surface area contributed by atoms with Crippen LogP contribution in [0.15, 0.2) is 54.6 Å². The Labute approximate surface area is 175 Å². The molecule has 3 aromatic rings. The van der Waals surface area contributed by atoms with E-state index in [2.05, 4.69) is 25.2 Å². The zero-order valence-corrected chi connectivity index (χ0v) is 17.7. The third-order valence-electron chi connectivity index (χ3n) is 4.07. The highest BCUT2D eigenvalue weighted by Crippen LogP contribution is 2.30. The number of pyridine rings is 1. The van der Waals surface area contributed by atoms with Crippen molar-refractivity contribution in [3.8, 4) is 11.3 Å². The molecule has 0 saturated heterocycles. The van der Waals surface area contributed by atoms with Gasteiger partial charge in [0.25, 0.3) is 16.0 Å². The van der Waals surface area contributed by atoms with Crippen LogP contribution >= 0.6 is 0 Å². The summed E-state index contributed by atoms with van der Waals surface area (Å²) in [5.41, 5.74) is 9.41. The van der Waals surface area contributed by atoms with Crippen LogP contribution in [0.25, 0.3) is 22.2 Å². The van der Waals surface area contributed by atoms with E-state index in [0.29, 0.717) is 17.7 Å². The largest absolute Gasteiger partial charge is 0.370 e. The van der Waals surface area contributed by atoms with Gasteiger partial charge in [-0.1, -0.05) is 56.3 Å². The number of hydrogen-bond acceptors (Lipinski definition) is 5. The van der Waals surface area contributed by atoms with E-state index in [9.17, 15) is 13.2 Å². The van der Waals surface area contributed by atoms with Crippen molar-refractivity contribution >= 4 is 32.9 Å². The molecule has 0 saturated carbocycles. The van der Waals surface area contributed by atoms with E-state index in [1.807, 2.05) is 42.5 Å². The first-order valence-corrected chi connectivity index (χ1v) is 10.9. The highest BCUT2D eigenvalue weighted by Gasteiger charge is 2.16. The number of benzene rings is 2. The third kappa shape index (κ3) is 6.36. The minimum absolute atomic E-state index is 0.332. The lowest BCUT2D eigenvalue weighted by Gasteiger charge is -2.14. The molecule has 0 fully saturated rings. The van der Waals surface area contributed by atoms with Crippen molar-refractivity contribution < 1.29 is 17.8 Å². The Morgan fingerprint density at radius 2 is 1.70 bits per heavy atom. The molecule has 0 atom stereocenters. The van der Waals surface area contributed by atoms with Crippen molar-refractivity contribution in [1.29, 1.82) is 5.41 Å². The Hall–Kier alpha value is -3.30. The van der Waals surface area contributed by atoms with Crippen LogP contribution in [-0.4, -0.2) is 36.1 Å². The van der Waals surface area contributed by atoms with Gasteiger partial charge in [0, 0.05) is 10.9 Å². The fourth-order valence-corrected chi connectivity index (χ4v) is 2.92. The van der Waals surface area contributed by atoms with Crippen LogP contribution < -0.4 is 11.1 Å². The normalized spacial score (nSPS) is 11.0.